The molecule has 0 saturated heterocycles. The maximum atomic E-state index is 13.6. The fraction of sp³-hybridized carbons (Fsp3) is 0.679. The monoisotopic (exact) mass is 499 g/mol. The van der Waals surface area contributed by atoms with Crippen molar-refractivity contribution in [2.75, 3.05) is 39.2 Å². The molecule has 0 aromatic heterocycles. The SMILES string of the molecule is CO[C@H]1CN(C)C(=O)c2ccc(NC(=O)C3CC3)cc2OC[C@H](C)N(C(=O)C2CCCCC2)C[C@@H]1C. The van der Waals surface area contributed by atoms with Crippen LogP contribution in [-0.2, 0) is 14.3 Å². The minimum absolute atomic E-state index is 0.00101. The second-order valence-electron chi connectivity index (χ2n) is 10.9. The van der Waals surface area contributed by atoms with E-state index in [2.05, 4.69) is 12.2 Å². The fourth-order valence-corrected chi connectivity index (χ4v) is 5.33. The van der Waals surface area contributed by atoms with Gasteiger partial charge in [-0.1, -0.05) is 26.2 Å². The zero-order valence-electron chi connectivity index (χ0n) is 22.1. The number of amides is 3. The molecule has 198 valence electrons. The van der Waals surface area contributed by atoms with E-state index in [1.165, 1.54) is 6.42 Å². The van der Waals surface area contributed by atoms with Crippen molar-refractivity contribution in [3.8, 4) is 5.75 Å². The van der Waals surface area contributed by atoms with E-state index in [0.29, 0.717) is 30.1 Å². The van der Waals surface area contributed by atoms with Crippen molar-refractivity contribution >= 4 is 23.4 Å². The van der Waals surface area contributed by atoms with Gasteiger partial charge in [0.15, 0.2) is 0 Å². The Kier molecular flexibility index (Phi) is 8.54. The number of nitrogens with zero attached hydrogens (tertiary/aromatic N) is 2. The second-order valence-corrected chi connectivity index (χ2v) is 10.9. The summed E-state index contributed by atoms with van der Waals surface area (Å²) < 4.78 is 12.0. The van der Waals surface area contributed by atoms with Crippen LogP contribution in [0.2, 0.25) is 0 Å². The lowest BCUT2D eigenvalue weighted by atomic mass is 9.87. The maximum Gasteiger partial charge on any atom is 0.257 e. The number of methoxy groups -OCH3 is 1. The van der Waals surface area contributed by atoms with E-state index in [-0.39, 0.29) is 54.2 Å². The summed E-state index contributed by atoms with van der Waals surface area (Å²) in [5, 5.41) is 2.94. The van der Waals surface area contributed by atoms with Gasteiger partial charge in [0.25, 0.3) is 5.91 Å². The van der Waals surface area contributed by atoms with Crippen molar-refractivity contribution < 1.29 is 23.9 Å². The first kappa shape index (κ1) is 26.5. The molecule has 2 saturated carbocycles. The molecule has 3 amide bonds. The van der Waals surface area contributed by atoms with Gasteiger partial charge >= 0.3 is 0 Å². The molecule has 0 radical (unpaired) electrons. The van der Waals surface area contributed by atoms with Crippen molar-refractivity contribution in [2.24, 2.45) is 17.8 Å². The van der Waals surface area contributed by atoms with Gasteiger partial charge < -0.3 is 24.6 Å². The van der Waals surface area contributed by atoms with Gasteiger partial charge in [0, 0.05) is 56.8 Å². The topological polar surface area (TPSA) is 88.2 Å². The first-order valence-electron chi connectivity index (χ1n) is 13.4. The lowest BCUT2D eigenvalue weighted by molar-refractivity contribution is -0.141. The number of hydrogen-bond donors (Lipinski definition) is 1. The van der Waals surface area contributed by atoms with Crippen LogP contribution in [0, 0.1) is 17.8 Å². The second kappa shape index (κ2) is 11.6. The molecule has 3 aliphatic rings. The molecular formula is C28H41N3O5. The van der Waals surface area contributed by atoms with E-state index < -0.39 is 0 Å². The first-order valence-corrected chi connectivity index (χ1v) is 13.4. The minimum Gasteiger partial charge on any atom is -0.491 e. The van der Waals surface area contributed by atoms with E-state index in [0.717, 1.165) is 38.5 Å². The van der Waals surface area contributed by atoms with E-state index in [1.807, 2.05) is 11.8 Å². The molecule has 3 atom stereocenters. The molecule has 1 aromatic rings. The van der Waals surface area contributed by atoms with Crippen molar-refractivity contribution in [1.82, 2.24) is 9.80 Å². The molecule has 36 heavy (non-hydrogen) atoms. The van der Waals surface area contributed by atoms with Crippen LogP contribution in [0.3, 0.4) is 0 Å². The van der Waals surface area contributed by atoms with Crippen molar-refractivity contribution in [3.05, 3.63) is 23.8 Å². The highest BCUT2D eigenvalue weighted by Gasteiger charge is 2.34. The zero-order valence-corrected chi connectivity index (χ0v) is 22.1. The number of carbonyl (C=O) groups excluding carboxylic acids is 3. The van der Waals surface area contributed by atoms with Gasteiger partial charge in [0.1, 0.15) is 12.4 Å². The number of rotatable bonds is 4. The molecule has 1 aliphatic heterocycles. The fourth-order valence-electron chi connectivity index (χ4n) is 5.33. The summed E-state index contributed by atoms with van der Waals surface area (Å²) in [5.41, 5.74) is 1.04. The van der Waals surface area contributed by atoms with Gasteiger partial charge in [0.05, 0.1) is 17.7 Å². The molecule has 0 spiro atoms. The Labute approximate surface area is 214 Å². The third-order valence-electron chi connectivity index (χ3n) is 7.90. The molecule has 8 nitrogen and oxygen atoms in total. The summed E-state index contributed by atoms with van der Waals surface area (Å²) in [4.78, 5) is 42.9. The largest absolute Gasteiger partial charge is 0.491 e. The van der Waals surface area contributed by atoms with Crippen LogP contribution in [0.1, 0.15) is 69.2 Å². The van der Waals surface area contributed by atoms with Gasteiger partial charge in [-0.05, 0) is 44.7 Å². The molecular weight excluding hydrogens is 458 g/mol. The van der Waals surface area contributed by atoms with E-state index in [9.17, 15) is 14.4 Å². The number of nitrogens with one attached hydrogen (secondary N) is 1. The van der Waals surface area contributed by atoms with Crippen LogP contribution in [0.5, 0.6) is 5.75 Å². The quantitative estimate of drug-likeness (QED) is 0.678. The summed E-state index contributed by atoms with van der Waals surface area (Å²) >= 11 is 0. The smallest absolute Gasteiger partial charge is 0.257 e. The zero-order chi connectivity index (χ0) is 25.8. The Morgan fingerprint density at radius 2 is 1.75 bits per heavy atom. The molecule has 4 rings (SSSR count). The number of ether oxygens (including phenoxy) is 2. The molecule has 2 fully saturated rings. The standard InChI is InChI=1S/C28H41N3O5/c1-18-15-31(27(33)21-8-6-5-7-9-21)19(2)17-36-24-14-22(29-26(32)20-10-11-20)12-13-23(24)28(34)30(3)16-25(18)35-4/h12-14,18-21,25H,5-11,15-17H2,1-4H3,(H,29,32)/t18-,19-,25-/m0/s1. The number of anilines is 1. The highest BCUT2D eigenvalue weighted by molar-refractivity contribution is 5.99. The van der Waals surface area contributed by atoms with Crippen LogP contribution < -0.4 is 10.1 Å². The van der Waals surface area contributed by atoms with E-state index >= 15 is 0 Å². The van der Waals surface area contributed by atoms with Gasteiger partial charge in [0.2, 0.25) is 11.8 Å². The highest BCUT2D eigenvalue weighted by atomic mass is 16.5. The van der Waals surface area contributed by atoms with Crippen LogP contribution >= 0.6 is 0 Å². The Morgan fingerprint density at radius 3 is 2.42 bits per heavy atom. The summed E-state index contributed by atoms with van der Waals surface area (Å²) in [6.07, 6.45) is 6.89. The molecule has 1 N–H and O–H groups in total. The third-order valence-corrected chi connectivity index (χ3v) is 7.90. The number of benzene rings is 1. The number of carbonyl (C=O) groups is 3. The molecule has 8 heteroatoms. The lowest BCUT2D eigenvalue weighted by Crippen LogP contribution is -2.50. The highest BCUT2D eigenvalue weighted by Crippen LogP contribution is 2.32. The summed E-state index contributed by atoms with van der Waals surface area (Å²) in [7, 11) is 3.42. The summed E-state index contributed by atoms with van der Waals surface area (Å²) in [6, 6.07) is 5.01. The average Bonchev–Trinajstić information content (AvgIpc) is 3.74. The van der Waals surface area contributed by atoms with Crippen LogP contribution in [0.4, 0.5) is 5.69 Å². The van der Waals surface area contributed by atoms with Crippen molar-refractivity contribution in [3.63, 3.8) is 0 Å². The maximum absolute atomic E-state index is 13.6. The number of hydrogen-bond acceptors (Lipinski definition) is 5. The van der Waals surface area contributed by atoms with E-state index in [1.54, 1.807) is 37.3 Å². The first-order chi connectivity index (χ1) is 17.3. The lowest BCUT2D eigenvalue weighted by Gasteiger charge is -2.38. The Hall–Kier alpha value is -2.61. The average molecular weight is 500 g/mol. The summed E-state index contributed by atoms with van der Waals surface area (Å²) in [5.74, 6) is 0.623. The van der Waals surface area contributed by atoms with Gasteiger partial charge in [-0.2, -0.15) is 0 Å². The number of likely N-dealkylation sites (N-methyl/N-ethyl adjacent to an activating group) is 1. The molecule has 1 heterocycles. The Bertz CT molecular complexity index is 957. The molecule has 0 bridgehead atoms. The van der Waals surface area contributed by atoms with Gasteiger partial charge in [-0.3, -0.25) is 14.4 Å². The minimum atomic E-state index is -0.214. The van der Waals surface area contributed by atoms with E-state index in [4.69, 9.17) is 9.47 Å². The third kappa shape index (κ3) is 6.20. The predicted molar refractivity (Wildman–Crippen MR) is 138 cm³/mol. The van der Waals surface area contributed by atoms with Gasteiger partial charge in [-0.25, -0.2) is 0 Å². The van der Waals surface area contributed by atoms with Crippen LogP contribution in [0.25, 0.3) is 0 Å². The normalized spacial score (nSPS) is 26.3. The Balaban J connectivity index is 1.62. The summed E-state index contributed by atoms with van der Waals surface area (Å²) in [6.45, 7) is 5.29. The predicted octanol–water partition coefficient (Wildman–Crippen LogP) is 3.95. The van der Waals surface area contributed by atoms with Gasteiger partial charge in [-0.15, -0.1) is 0 Å². The van der Waals surface area contributed by atoms with Crippen molar-refractivity contribution in [2.45, 2.75) is 70.9 Å². The molecule has 1 aromatic carbocycles. The Morgan fingerprint density at radius 1 is 1.03 bits per heavy atom. The van der Waals surface area contributed by atoms with Crippen LogP contribution in [-0.4, -0.2) is 73.5 Å². The molecule has 0 unspecified atom stereocenters. The van der Waals surface area contributed by atoms with Crippen LogP contribution in [0.15, 0.2) is 18.2 Å². The molecule has 2 aliphatic carbocycles. The van der Waals surface area contributed by atoms with Crippen molar-refractivity contribution in [1.29, 1.82) is 0 Å². The number of fused-ring (bicyclic) bond motifs is 1.